The van der Waals surface area contributed by atoms with Gasteiger partial charge in [-0.1, -0.05) is 23.8 Å². The van der Waals surface area contributed by atoms with Gasteiger partial charge in [-0.2, -0.15) is 0 Å². The number of aliphatic hydroxyl groups is 1. The Morgan fingerprint density at radius 3 is 2.67 bits per heavy atom. The minimum absolute atomic E-state index is 0.106. The maximum Gasteiger partial charge on any atom is 0.342 e. The van der Waals surface area contributed by atoms with Gasteiger partial charge in [-0.15, -0.1) is 0 Å². The molecule has 27 heavy (non-hydrogen) atoms. The first kappa shape index (κ1) is 20.0. The number of methoxy groups -OCH3 is 2. The molecule has 2 aliphatic rings. The van der Waals surface area contributed by atoms with Crippen molar-refractivity contribution >= 4 is 17.6 Å². The molecule has 7 heteroatoms. The molecule has 3 rings (SSSR count). The van der Waals surface area contributed by atoms with Crippen LogP contribution in [0.3, 0.4) is 0 Å². The molecule has 0 spiro atoms. The predicted molar refractivity (Wildman–Crippen MR) is 101 cm³/mol. The third-order valence-corrected chi connectivity index (χ3v) is 5.30. The second-order valence-electron chi connectivity index (χ2n) is 6.89. The van der Waals surface area contributed by atoms with Crippen LogP contribution >= 0.6 is 11.6 Å². The Balaban J connectivity index is 2.02. The van der Waals surface area contributed by atoms with Crippen LogP contribution in [0.25, 0.3) is 0 Å². The molecule has 1 aromatic rings. The highest BCUT2D eigenvalue weighted by molar-refractivity contribution is 6.33. The van der Waals surface area contributed by atoms with Crippen LogP contribution in [0.1, 0.15) is 42.1 Å². The van der Waals surface area contributed by atoms with E-state index in [2.05, 4.69) is 0 Å². The van der Waals surface area contributed by atoms with E-state index in [0.717, 1.165) is 12.8 Å². The first-order valence-corrected chi connectivity index (χ1v) is 9.46. The molecule has 2 heterocycles. The van der Waals surface area contributed by atoms with Crippen molar-refractivity contribution < 1.29 is 28.8 Å². The van der Waals surface area contributed by atoms with E-state index in [1.807, 2.05) is 13.0 Å². The SMILES string of the molecule is COc1cc(OC)c2c(c1Cl)C[C@@H](O)/C=C/CC[C@@H]1O[C@H]1C[C@@H](C)OC2=O. The number of carbonyl (C=O) groups excluding carboxylic acids is 1. The van der Waals surface area contributed by atoms with E-state index in [-0.39, 0.29) is 35.3 Å². The summed E-state index contributed by atoms with van der Waals surface area (Å²) in [5.41, 5.74) is 0.660. The zero-order valence-corrected chi connectivity index (χ0v) is 16.5. The molecule has 0 bridgehead atoms. The average Bonchev–Trinajstić information content (AvgIpc) is 3.36. The van der Waals surface area contributed by atoms with E-state index >= 15 is 0 Å². The second kappa shape index (κ2) is 8.50. The third-order valence-electron chi connectivity index (χ3n) is 4.89. The van der Waals surface area contributed by atoms with E-state index in [1.165, 1.54) is 14.2 Å². The summed E-state index contributed by atoms with van der Waals surface area (Å²) >= 11 is 6.46. The molecule has 0 aromatic heterocycles. The van der Waals surface area contributed by atoms with Crippen LogP contribution in [0.15, 0.2) is 18.2 Å². The number of rotatable bonds is 2. The zero-order chi connectivity index (χ0) is 19.6. The van der Waals surface area contributed by atoms with Crippen molar-refractivity contribution in [3.63, 3.8) is 0 Å². The van der Waals surface area contributed by atoms with Crippen molar-refractivity contribution in [1.82, 2.24) is 0 Å². The fraction of sp³-hybridized carbons (Fsp3) is 0.550. The summed E-state index contributed by atoms with van der Waals surface area (Å²) in [7, 11) is 2.95. The summed E-state index contributed by atoms with van der Waals surface area (Å²) in [6.07, 6.45) is 5.31. The molecule has 0 radical (unpaired) electrons. The normalized spacial score (nSPS) is 29.6. The lowest BCUT2D eigenvalue weighted by Gasteiger charge is -2.20. The summed E-state index contributed by atoms with van der Waals surface area (Å²) in [6.45, 7) is 1.84. The number of cyclic esters (lactones) is 1. The minimum atomic E-state index is -0.804. The van der Waals surface area contributed by atoms with Crippen LogP contribution in [-0.2, 0) is 15.9 Å². The largest absolute Gasteiger partial charge is 0.496 e. The zero-order valence-electron chi connectivity index (χ0n) is 15.7. The van der Waals surface area contributed by atoms with Crippen LogP contribution < -0.4 is 9.47 Å². The maximum absolute atomic E-state index is 12.9. The van der Waals surface area contributed by atoms with Crippen LogP contribution in [-0.4, -0.2) is 49.7 Å². The van der Waals surface area contributed by atoms with E-state index in [0.29, 0.717) is 23.5 Å². The molecule has 0 saturated carbocycles. The first-order chi connectivity index (χ1) is 12.9. The summed E-state index contributed by atoms with van der Waals surface area (Å²) < 4.78 is 21.9. The fourth-order valence-corrected chi connectivity index (χ4v) is 3.74. The van der Waals surface area contributed by atoms with Gasteiger partial charge >= 0.3 is 5.97 Å². The first-order valence-electron chi connectivity index (χ1n) is 9.09. The summed E-state index contributed by atoms with van der Waals surface area (Å²) in [6, 6.07) is 1.55. The molecule has 0 amide bonds. The van der Waals surface area contributed by atoms with Gasteiger partial charge in [0.1, 0.15) is 23.2 Å². The molecule has 4 atom stereocenters. The van der Waals surface area contributed by atoms with Gasteiger partial charge in [0.2, 0.25) is 0 Å². The molecule has 0 aliphatic carbocycles. The molecule has 0 unspecified atom stereocenters. The molecule has 148 valence electrons. The molecule has 1 saturated heterocycles. The number of halogens is 1. The third kappa shape index (κ3) is 4.57. The highest BCUT2D eigenvalue weighted by Gasteiger charge is 2.39. The predicted octanol–water partition coefficient (Wildman–Crippen LogP) is 3.31. The second-order valence-corrected chi connectivity index (χ2v) is 7.27. The lowest BCUT2D eigenvalue weighted by Crippen LogP contribution is -2.21. The van der Waals surface area contributed by atoms with Crippen molar-refractivity contribution in [3.8, 4) is 11.5 Å². The average molecular weight is 397 g/mol. The number of hydrogen-bond acceptors (Lipinski definition) is 6. The van der Waals surface area contributed by atoms with Gasteiger partial charge < -0.3 is 24.1 Å². The standard InChI is InChI=1S/C20H25ClO6/c1-11-8-15-14(27-15)7-5-4-6-12(22)9-13-18(20(23)26-11)16(24-2)10-17(25-3)19(13)21/h4,6,10-12,14-15,22H,5,7-9H2,1-3H3/b6-4+/t11-,12+,14+,15+/m1/s1. The number of carbonyl (C=O) groups is 1. The maximum atomic E-state index is 12.9. The molecular formula is C20H25ClO6. The molecule has 1 N–H and O–H groups in total. The Hall–Kier alpha value is -1.76. The number of aliphatic hydroxyl groups excluding tert-OH is 1. The minimum Gasteiger partial charge on any atom is -0.496 e. The monoisotopic (exact) mass is 396 g/mol. The van der Waals surface area contributed by atoms with E-state index in [1.54, 1.807) is 12.1 Å². The Kier molecular flexibility index (Phi) is 6.29. The Labute approximate surface area is 164 Å². The Morgan fingerprint density at radius 2 is 1.96 bits per heavy atom. The summed E-state index contributed by atoms with van der Waals surface area (Å²) in [4.78, 5) is 12.9. The van der Waals surface area contributed by atoms with Gasteiger partial charge in [-0.3, -0.25) is 0 Å². The van der Waals surface area contributed by atoms with E-state index in [9.17, 15) is 9.90 Å². The number of fused-ring (bicyclic) bond motifs is 2. The highest BCUT2D eigenvalue weighted by atomic mass is 35.5. The van der Waals surface area contributed by atoms with Crippen molar-refractivity contribution in [2.24, 2.45) is 0 Å². The molecular weight excluding hydrogens is 372 g/mol. The van der Waals surface area contributed by atoms with Gasteiger partial charge in [-0.05, 0) is 25.3 Å². The molecule has 6 nitrogen and oxygen atoms in total. The van der Waals surface area contributed by atoms with Crippen molar-refractivity contribution in [2.45, 2.75) is 57.0 Å². The molecule has 2 aliphatic heterocycles. The van der Waals surface area contributed by atoms with Gasteiger partial charge in [0.05, 0.1) is 37.6 Å². The number of epoxide rings is 1. The molecule has 1 aromatic carbocycles. The number of allylic oxidation sites excluding steroid dienone is 1. The lowest BCUT2D eigenvalue weighted by molar-refractivity contribution is 0.0305. The van der Waals surface area contributed by atoms with Crippen LogP contribution in [0.5, 0.6) is 11.5 Å². The topological polar surface area (TPSA) is 77.5 Å². The van der Waals surface area contributed by atoms with Crippen LogP contribution in [0, 0.1) is 0 Å². The van der Waals surface area contributed by atoms with Crippen LogP contribution in [0.2, 0.25) is 5.02 Å². The van der Waals surface area contributed by atoms with Gasteiger partial charge in [0.15, 0.2) is 0 Å². The van der Waals surface area contributed by atoms with Crippen molar-refractivity contribution in [3.05, 3.63) is 34.4 Å². The van der Waals surface area contributed by atoms with Gasteiger partial charge in [0, 0.05) is 18.9 Å². The number of ether oxygens (including phenoxy) is 4. The Morgan fingerprint density at radius 1 is 1.22 bits per heavy atom. The van der Waals surface area contributed by atoms with E-state index < -0.39 is 12.1 Å². The van der Waals surface area contributed by atoms with E-state index in [4.69, 9.17) is 30.5 Å². The van der Waals surface area contributed by atoms with Gasteiger partial charge in [-0.25, -0.2) is 4.79 Å². The number of esters is 1. The quantitative estimate of drug-likeness (QED) is 0.469. The molecule has 1 fully saturated rings. The van der Waals surface area contributed by atoms with Crippen LogP contribution in [0.4, 0.5) is 0 Å². The fourth-order valence-electron chi connectivity index (χ4n) is 3.44. The van der Waals surface area contributed by atoms with Crippen molar-refractivity contribution in [1.29, 1.82) is 0 Å². The summed E-state index contributed by atoms with van der Waals surface area (Å²) in [5.74, 6) is 0.135. The number of hydrogen-bond donors (Lipinski definition) is 1. The summed E-state index contributed by atoms with van der Waals surface area (Å²) in [5, 5.41) is 10.7. The lowest BCUT2D eigenvalue weighted by atomic mass is 9.98. The smallest absolute Gasteiger partial charge is 0.342 e. The Bertz CT molecular complexity index is 732. The van der Waals surface area contributed by atoms with Gasteiger partial charge in [0.25, 0.3) is 0 Å². The highest BCUT2D eigenvalue weighted by Crippen LogP contribution is 2.39. The number of benzene rings is 1. The van der Waals surface area contributed by atoms with Crippen molar-refractivity contribution in [2.75, 3.05) is 14.2 Å².